The van der Waals surface area contributed by atoms with Gasteiger partial charge in [-0.2, -0.15) is 0 Å². The number of hydrogen-bond acceptors (Lipinski definition) is 16. The number of benzene rings is 6. The van der Waals surface area contributed by atoms with Crippen molar-refractivity contribution in [1.82, 2.24) is 0 Å². The Bertz CT molecular complexity index is 3350. The quantitative estimate of drug-likeness (QED) is 0.0160. The molecule has 0 heterocycles. The Morgan fingerprint density at radius 1 is 0.326 bits per heavy atom. The summed E-state index contributed by atoms with van der Waals surface area (Å²) in [7, 11) is 0. The predicted molar refractivity (Wildman–Crippen MR) is 356 cm³/mol. The number of esters is 6. The molecule has 6 aromatic rings. The topological polar surface area (TPSA) is 195 Å². The van der Waals surface area contributed by atoms with Crippen molar-refractivity contribution in [2.75, 3.05) is 39.6 Å². The van der Waals surface area contributed by atoms with Gasteiger partial charge in [0.25, 0.3) is 0 Å². The van der Waals surface area contributed by atoms with Crippen LogP contribution in [-0.2, 0) is 29.9 Å². The molecule has 0 saturated carbocycles. The molecule has 0 amide bonds. The van der Waals surface area contributed by atoms with Crippen LogP contribution in [0, 0.1) is 0 Å². The number of ether oxygens (including phenoxy) is 10. The van der Waals surface area contributed by atoms with Crippen LogP contribution < -0.4 is 37.9 Å². The molecule has 0 N–H and O–H groups in total. The van der Waals surface area contributed by atoms with Crippen LogP contribution in [0.3, 0.4) is 0 Å². The van der Waals surface area contributed by atoms with E-state index in [0.29, 0.717) is 119 Å². The van der Waals surface area contributed by atoms with Crippen molar-refractivity contribution < 1.29 is 76.1 Å². The lowest BCUT2D eigenvalue weighted by Crippen LogP contribution is -2.17. The number of unbranched alkanes of at least 4 members (excludes halogenated alkanes) is 8. The van der Waals surface area contributed by atoms with E-state index < -0.39 is 34.7 Å². The second-order valence-electron chi connectivity index (χ2n) is 24.2. The van der Waals surface area contributed by atoms with Gasteiger partial charge < -0.3 is 47.4 Å². The van der Waals surface area contributed by atoms with Gasteiger partial charge >= 0.3 is 35.8 Å². The van der Waals surface area contributed by atoms with Gasteiger partial charge in [0.15, 0.2) is 0 Å². The Morgan fingerprint density at radius 2 is 0.598 bits per heavy atom. The van der Waals surface area contributed by atoms with Gasteiger partial charge in [-0.15, -0.1) is 0 Å². The summed E-state index contributed by atoms with van der Waals surface area (Å²) in [5.74, 6) is 1.51. The van der Waals surface area contributed by atoms with Crippen LogP contribution in [0.4, 0.5) is 0 Å². The normalized spacial score (nSPS) is 11.0. The minimum atomic E-state index is -0.510. The van der Waals surface area contributed by atoms with E-state index in [-0.39, 0.29) is 11.9 Å². The molecular formula is C76H92O16. The van der Waals surface area contributed by atoms with Gasteiger partial charge in [-0.3, -0.25) is 0 Å². The minimum absolute atomic E-state index is 0.344. The van der Waals surface area contributed by atoms with Crippen LogP contribution in [0.25, 0.3) is 0 Å². The monoisotopic (exact) mass is 1260 g/mol. The van der Waals surface area contributed by atoms with E-state index in [0.717, 1.165) is 88.2 Å². The Balaban J connectivity index is 0.000000334. The van der Waals surface area contributed by atoms with Gasteiger partial charge in [0.05, 0.1) is 61.9 Å². The van der Waals surface area contributed by atoms with E-state index in [1.807, 2.05) is 48.5 Å². The molecule has 16 nitrogen and oxygen atoms in total. The van der Waals surface area contributed by atoms with E-state index in [1.165, 1.54) is 0 Å². The fourth-order valence-corrected chi connectivity index (χ4v) is 8.73. The third-order valence-corrected chi connectivity index (χ3v) is 14.0. The zero-order valence-electron chi connectivity index (χ0n) is 55.4. The first-order valence-electron chi connectivity index (χ1n) is 31.7. The van der Waals surface area contributed by atoms with Gasteiger partial charge in [0.1, 0.15) is 46.0 Å². The Kier molecular flexibility index (Phi) is 30.3. The Morgan fingerprint density at radius 3 is 0.880 bits per heavy atom. The SMILES string of the molecule is C=C(C)C(=O)OCCCCCCOc1ccc(C(=O)Oc2ccc(OC(=O)c3ccc(OCCC)cc3)c(C(C)(C)C)c2)cc1.C=C(C)C(=O)OCCCCCCOc1ccc(C(=O)Oc2ccc(OC(=O)c3ccc(OCCCCC)cc3)c(C(C)(C)C)c2)cc1. The molecule has 0 aromatic heterocycles. The van der Waals surface area contributed by atoms with Crippen molar-refractivity contribution >= 4 is 35.8 Å². The third kappa shape index (κ3) is 26.0. The largest absolute Gasteiger partial charge is 0.494 e. The average molecular weight is 1260 g/mol. The fourth-order valence-electron chi connectivity index (χ4n) is 8.73. The molecule has 0 atom stereocenters. The summed E-state index contributed by atoms with van der Waals surface area (Å²) in [6.07, 6.45) is 11.2. The highest BCUT2D eigenvalue weighted by Crippen LogP contribution is 2.37. The zero-order valence-corrected chi connectivity index (χ0v) is 55.4. The van der Waals surface area contributed by atoms with E-state index in [2.05, 4.69) is 20.1 Å². The molecule has 0 aliphatic heterocycles. The summed E-state index contributed by atoms with van der Waals surface area (Å²) < 4.78 is 56.0. The molecule has 0 saturated heterocycles. The summed E-state index contributed by atoms with van der Waals surface area (Å²) >= 11 is 0. The van der Waals surface area contributed by atoms with Gasteiger partial charge in [0.2, 0.25) is 0 Å². The molecule has 16 heteroatoms. The van der Waals surface area contributed by atoms with Crippen LogP contribution in [0.1, 0.15) is 199 Å². The van der Waals surface area contributed by atoms with Crippen molar-refractivity contribution in [3.05, 3.63) is 191 Å². The number of carbonyl (C=O) groups is 6. The van der Waals surface area contributed by atoms with Crippen LogP contribution >= 0.6 is 0 Å². The second-order valence-corrected chi connectivity index (χ2v) is 24.2. The van der Waals surface area contributed by atoms with Crippen molar-refractivity contribution in [2.45, 2.75) is 157 Å². The van der Waals surface area contributed by atoms with E-state index in [1.54, 1.807) is 147 Å². The highest BCUT2D eigenvalue weighted by molar-refractivity contribution is 5.94. The van der Waals surface area contributed by atoms with Crippen LogP contribution in [0.15, 0.2) is 158 Å². The van der Waals surface area contributed by atoms with Crippen LogP contribution in [-0.4, -0.2) is 75.5 Å². The van der Waals surface area contributed by atoms with Crippen LogP contribution in [0.2, 0.25) is 0 Å². The van der Waals surface area contributed by atoms with Gasteiger partial charge in [0, 0.05) is 22.3 Å². The van der Waals surface area contributed by atoms with E-state index in [9.17, 15) is 28.8 Å². The second kappa shape index (κ2) is 37.9. The van der Waals surface area contributed by atoms with Gasteiger partial charge in [-0.25, -0.2) is 28.8 Å². The lowest BCUT2D eigenvalue weighted by molar-refractivity contribution is -0.139. The van der Waals surface area contributed by atoms with Crippen molar-refractivity contribution in [3.63, 3.8) is 0 Å². The Hall–Kier alpha value is -9.18. The van der Waals surface area contributed by atoms with E-state index in [4.69, 9.17) is 47.4 Å². The highest BCUT2D eigenvalue weighted by Gasteiger charge is 2.25. The molecule has 0 spiro atoms. The number of rotatable bonds is 34. The fraction of sp³-hybridized carbons (Fsp3) is 0.395. The standard InChI is InChI=1S/C39H48O8.C37H44O8/c1-7-8-11-24-43-31-20-16-30(17-21-31)38(42)47-35-23-22-33(27-34(35)39(4,5)6)46-37(41)29-14-18-32(19-15-29)44-25-12-9-10-13-26-45-36(40)28(2)3;1-7-22-41-29-16-14-28(15-17-29)36(40)45-33-21-20-31(25-32(33)37(4,5)6)44-35(39)27-12-18-30(19-13-27)42-23-10-8-9-11-24-43-34(38)26(2)3/h14-23,27H,2,7-13,24-26H2,1,3-6H3;12-21,25H,2,7-11,22-24H2,1,3-6H3. The maximum atomic E-state index is 13.0. The molecule has 0 bridgehead atoms. The Labute approximate surface area is 543 Å². The van der Waals surface area contributed by atoms with Gasteiger partial charge in [-0.05, 0) is 222 Å². The summed E-state index contributed by atoms with van der Waals surface area (Å²) in [5.41, 5.74) is 3.04. The molecule has 6 rings (SSSR count). The summed E-state index contributed by atoms with van der Waals surface area (Å²) in [6, 6.07) is 37.3. The smallest absolute Gasteiger partial charge is 0.343 e. The highest BCUT2D eigenvalue weighted by atomic mass is 16.6. The molecule has 92 heavy (non-hydrogen) atoms. The molecular weight excluding hydrogens is 1170 g/mol. The average Bonchev–Trinajstić information content (AvgIpc) is 0.842. The third-order valence-electron chi connectivity index (χ3n) is 14.0. The predicted octanol–water partition coefficient (Wildman–Crippen LogP) is 17.3. The van der Waals surface area contributed by atoms with Crippen molar-refractivity contribution in [3.8, 4) is 46.0 Å². The molecule has 0 radical (unpaired) electrons. The van der Waals surface area contributed by atoms with Crippen molar-refractivity contribution in [2.24, 2.45) is 0 Å². The van der Waals surface area contributed by atoms with Crippen LogP contribution in [0.5, 0.6) is 46.0 Å². The number of carbonyl (C=O) groups excluding carboxylic acids is 6. The summed E-state index contributed by atoms with van der Waals surface area (Å²) in [5, 5.41) is 0. The summed E-state index contributed by atoms with van der Waals surface area (Å²) in [4.78, 5) is 74.4. The molecule has 0 aliphatic carbocycles. The molecule has 0 aliphatic rings. The molecule has 0 fully saturated rings. The molecule has 0 unspecified atom stereocenters. The maximum Gasteiger partial charge on any atom is 0.343 e. The first kappa shape index (κ1) is 73.6. The van der Waals surface area contributed by atoms with Crippen molar-refractivity contribution in [1.29, 1.82) is 0 Å². The zero-order chi connectivity index (χ0) is 67.1. The lowest BCUT2D eigenvalue weighted by Gasteiger charge is -2.23. The number of hydrogen-bond donors (Lipinski definition) is 0. The van der Waals surface area contributed by atoms with Gasteiger partial charge in [-0.1, -0.05) is 81.4 Å². The first-order chi connectivity index (χ1) is 43.9. The summed E-state index contributed by atoms with van der Waals surface area (Å²) in [6.45, 7) is 29.6. The minimum Gasteiger partial charge on any atom is -0.494 e. The van der Waals surface area contributed by atoms with E-state index >= 15 is 0 Å². The molecule has 492 valence electrons. The maximum absolute atomic E-state index is 13.0. The first-order valence-corrected chi connectivity index (χ1v) is 31.7. The molecule has 6 aromatic carbocycles. The lowest BCUT2D eigenvalue weighted by atomic mass is 9.86.